The molecule has 0 amide bonds. The summed E-state index contributed by atoms with van der Waals surface area (Å²) in [6.45, 7) is 1.42. The number of carbonyl (C=O) groups is 1. The zero-order valence-electron chi connectivity index (χ0n) is 14.3. The Kier molecular flexibility index (Phi) is 5.08. The van der Waals surface area contributed by atoms with Gasteiger partial charge in [0, 0.05) is 23.1 Å². The standard InChI is InChI=1S/C19H16Cl2F3NO2/c1-11-2-3-15(17(26)27)16(6-11)25-5-4-18(10-25,19(22,23)24)12-7-13(20)9-14(21)8-12/h2-3,6-9H,4-5,10H2,1H3,(H,26,27). The van der Waals surface area contributed by atoms with Gasteiger partial charge in [0.15, 0.2) is 0 Å². The lowest BCUT2D eigenvalue weighted by Gasteiger charge is -2.33. The third kappa shape index (κ3) is 3.60. The molecular formula is C19H16Cl2F3NO2. The van der Waals surface area contributed by atoms with Crippen LogP contribution in [0.25, 0.3) is 0 Å². The lowest BCUT2D eigenvalue weighted by atomic mass is 9.79. The van der Waals surface area contributed by atoms with E-state index in [2.05, 4.69) is 0 Å². The first-order valence-corrected chi connectivity index (χ1v) is 8.91. The van der Waals surface area contributed by atoms with E-state index in [1.807, 2.05) is 0 Å². The molecule has 0 spiro atoms. The van der Waals surface area contributed by atoms with Crippen molar-refractivity contribution in [2.24, 2.45) is 0 Å². The molecule has 0 radical (unpaired) electrons. The van der Waals surface area contributed by atoms with Crippen LogP contribution in [0.3, 0.4) is 0 Å². The van der Waals surface area contributed by atoms with Gasteiger partial charge in [0.05, 0.1) is 11.3 Å². The molecule has 0 aliphatic carbocycles. The average molecular weight is 418 g/mol. The van der Waals surface area contributed by atoms with E-state index in [0.717, 1.165) is 5.56 Å². The highest BCUT2D eigenvalue weighted by Crippen LogP contribution is 2.49. The van der Waals surface area contributed by atoms with Crippen LogP contribution >= 0.6 is 23.2 Å². The quantitative estimate of drug-likeness (QED) is 0.694. The molecule has 2 aromatic carbocycles. The predicted molar refractivity (Wildman–Crippen MR) is 99.2 cm³/mol. The first-order chi connectivity index (χ1) is 12.5. The highest BCUT2D eigenvalue weighted by molar-refractivity contribution is 6.34. The first-order valence-electron chi connectivity index (χ1n) is 8.16. The lowest BCUT2D eigenvalue weighted by molar-refractivity contribution is -0.184. The smallest absolute Gasteiger partial charge is 0.400 e. The van der Waals surface area contributed by atoms with Gasteiger partial charge in [0.2, 0.25) is 0 Å². The Morgan fingerprint density at radius 1 is 1.15 bits per heavy atom. The highest BCUT2D eigenvalue weighted by Gasteiger charge is 2.59. The summed E-state index contributed by atoms with van der Waals surface area (Å²) in [4.78, 5) is 13.0. The summed E-state index contributed by atoms with van der Waals surface area (Å²) >= 11 is 11.9. The number of aryl methyl sites for hydroxylation is 1. The molecule has 1 atom stereocenters. The number of halogens is 5. The molecule has 1 unspecified atom stereocenters. The van der Waals surface area contributed by atoms with Crippen LogP contribution in [0.4, 0.5) is 18.9 Å². The third-order valence-electron chi connectivity index (χ3n) is 4.95. The minimum absolute atomic E-state index is 0.0143. The van der Waals surface area contributed by atoms with Crippen LogP contribution in [0, 0.1) is 6.92 Å². The van der Waals surface area contributed by atoms with E-state index < -0.39 is 24.1 Å². The predicted octanol–water partition coefficient (Wildman–Crippen LogP) is 5.71. The van der Waals surface area contributed by atoms with E-state index >= 15 is 0 Å². The number of hydrogen-bond acceptors (Lipinski definition) is 2. The molecule has 1 aliphatic rings. The molecule has 3 rings (SSSR count). The molecule has 27 heavy (non-hydrogen) atoms. The number of hydrogen-bond donors (Lipinski definition) is 1. The van der Waals surface area contributed by atoms with Gasteiger partial charge >= 0.3 is 12.1 Å². The molecule has 8 heteroatoms. The van der Waals surface area contributed by atoms with Crippen LogP contribution in [0.2, 0.25) is 10.0 Å². The van der Waals surface area contributed by atoms with Crippen molar-refractivity contribution in [1.29, 1.82) is 0 Å². The number of aromatic carboxylic acids is 1. The van der Waals surface area contributed by atoms with Crippen molar-refractivity contribution >= 4 is 34.9 Å². The molecule has 0 aromatic heterocycles. The van der Waals surface area contributed by atoms with Crippen molar-refractivity contribution in [2.75, 3.05) is 18.0 Å². The largest absolute Gasteiger partial charge is 0.478 e. The Balaban J connectivity index is 2.09. The number of nitrogens with zero attached hydrogens (tertiary/aromatic N) is 1. The van der Waals surface area contributed by atoms with Gasteiger partial charge in [-0.3, -0.25) is 0 Å². The fourth-order valence-electron chi connectivity index (χ4n) is 3.56. The minimum Gasteiger partial charge on any atom is -0.478 e. The summed E-state index contributed by atoms with van der Waals surface area (Å²) in [5.41, 5.74) is -1.17. The van der Waals surface area contributed by atoms with Crippen molar-refractivity contribution < 1.29 is 23.1 Å². The molecule has 0 saturated carbocycles. The number of anilines is 1. The maximum absolute atomic E-state index is 14.2. The van der Waals surface area contributed by atoms with E-state index in [0.29, 0.717) is 0 Å². The number of carboxylic acid groups (broad SMARTS) is 1. The highest BCUT2D eigenvalue weighted by atomic mass is 35.5. The van der Waals surface area contributed by atoms with Gasteiger partial charge in [-0.2, -0.15) is 13.2 Å². The average Bonchev–Trinajstić information content (AvgIpc) is 3.00. The van der Waals surface area contributed by atoms with Crippen LogP contribution in [0.5, 0.6) is 0 Å². The molecule has 3 nitrogen and oxygen atoms in total. The molecule has 2 aromatic rings. The van der Waals surface area contributed by atoms with Gasteiger partial charge in [-0.15, -0.1) is 0 Å². The second kappa shape index (κ2) is 6.91. The van der Waals surface area contributed by atoms with Gasteiger partial charge in [-0.05, 0) is 54.8 Å². The Morgan fingerprint density at radius 2 is 1.78 bits per heavy atom. The van der Waals surface area contributed by atoms with E-state index in [1.54, 1.807) is 19.1 Å². The number of rotatable bonds is 3. The SMILES string of the molecule is Cc1ccc(C(=O)O)c(N2CCC(c3cc(Cl)cc(Cl)c3)(C(F)(F)F)C2)c1. The zero-order chi connectivity index (χ0) is 20.0. The van der Waals surface area contributed by atoms with Gasteiger partial charge in [-0.1, -0.05) is 29.3 Å². The van der Waals surface area contributed by atoms with E-state index in [1.165, 1.54) is 29.2 Å². The molecule has 144 valence electrons. The molecule has 1 aliphatic heterocycles. The van der Waals surface area contributed by atoms with E-state index in [-0.39, 0.29) is 39.8 Å². The molecule has 1 saturated heterocycles. The second-order valence-electron chi connectivity index (χ2n) is 6.74. The maximum Gasteiger partial charge on any atom is 0.400 e. The Labute approximate surface area is 164 Å². The maximum atomic E-state index is 14.2. The zero-order valence-corrected chi connectivity index (χ0v) is 15.8. The number of carboxylic acids is 1. The second-order valence-corrected chi connectivity index (χ2v) is 7.61. The Bertz CT molecular complexity index is 881. The van der Waals surface area contributed by atoms with Crippen LogP contribution in [0.15, 0.2) is 36.4 Å². The summed E-state index contributed by atoms with van der Waals surface area (Å²) < 4.78 is 42.5. The first kappa shape index (κ1) is 19.8. The van der Waals surface area contributed by atoms with Crippen LogP contribution < -0.4 is 4.90 Å². The Hall–Kier alpha value is -1.92. The van der Waals surface area contributed by atoms with E-state index in [4.69, 9.17) is 23.2 Å². The lowest BCUT2D eigenvalue weighted by Crippen LogP contribution is -2.45. The van der Waals surface area contributed by atoms with Gasteiger partial charge in [0.25, 0.3) is 0 Å². The van der Waals surface area contributed by atoms with Crippen LogP contribution in [-0.4, -0.2) is 30.3 Å². The van der Waals surface area contributed by atoms with E-state index in [9.17, 15) is 23.1 Å². The Morgan fingerprint density at radius 3 is 2.33 bits per heavy atom. The van der Waals surface area contributed by atoms with Gasteiger partial charge < -0.3 is 10.0 Å². The topological polar surface area (TPSA) is 40.5 Å². The summed E-state index contributed by atoms with van der Waals surface area (Å²) in [6, 6.07) is 8.57. The third-order valence-corrected chi connectivity index (χ3v) is 5.39. The number of benzene rings is 2. The van der Waals surface area contributed by atoms with Crippen molar-refractivity contribution in [3.63, 3.8) is 0 Å². The minimum atomic E-state index is -4.55. The molecule has 1 N–H and O–H groups in total. The molecular weight excluding hydrogens is 402 g/mol. The number of alkyl halides is 3. The summed E-state index contributed by atoms with van der Waals surface area (Å²) in [5.74, 6) is -1.18. The summed E-state index contributed by atoms with van der Waals surface area (Å²) in [6.07, 6.45) is -4.77. The van der Waals surface area contributed by atoms with Crippen LogP contribution in [0.1, 0.15) is 27.9 Å². The van der Waals surface area contributed by atoms with Crippen molar-refractivity contribution in [3.05, 3.63) is 63.1 Å². The summed E-state index contributed by atoms with van der Waals surface area (Å²) in [7, 11) is 0. The fraction of sp³-hybridized carbons (Fsp3) is 0.316. The molecule has 0 bridgehead atoms. The molecule has 1 heterocycles. The van der Waals surface area contributed by atoms with Crippen molar-refractivity contribution in [3.8, 4) is 0 Å². The van der Waals surface area contributed by atoms with Gasteiger partial charge in [-0.25, -0.2) is 4.79 Å². The van der Waals surface area contributed by atoms with Crippen molar-refractivity contribution in [1.82, 2.24) is 0 Å². The molecule has 1 fully saturated rings. The fourth-order valence-corrected chi connectivity index (χ4v) is 4.09. The summed E-state index contributed by atoms with van der Waals surface area (Å²) in [5, 5.41) is 9.67. The monoisotopic (exact) mass is 417 g/mol. The normalized spacial score (nSPS) is 20.1. The van der Waals surface area contributed by atoms with Crippen molar-refractivity contribution in [2.45, 2.75) is 24.9 Å². The van der Waals surface area contributed by atoms with Gasteiger partial charge in [0.1, 0.15) is 5.41 Å². The van der Waals surface area contributed by atoms with Crippen LogP contribution in [-0.2, 0) is 5.41 Å².